The maximum absolute atomic E-state index is 11.6. The Hall–Kier alpha value is -3.00. The highest BCUT2D eigenvalue weighted by Crippen LogP contribution is 2.26. The van der Waals surface area contributed by atoms with Gasteiger partial charge in [-0.25, -0.2) is 9.97 Å². The number of hydrogen-bond acceptors (Lipinski definition) is 6. The first-order chi connectivity index (χ1) is 11.2. The molecule has 8 heteroatoms. The Bertz CT molecular complexity index is 964. The number of nitrogens with zero attached hydrogens (tertiary/aromatic N) is 4. The predicted molar refractivity (Wildman–Crippen MR) is 85.3 cm³/mol. The molecule has 3 aromatic rings. The van der Waals surface area contributed by atoms with Gasteiger partial charge in [-0.05, 0) is 30.0 Å². The lowest BCUT2D eigenvalue weighted by Gasteiger charge is -2.02. The van der Waals surface area contributed by atoms with Gasteiger partial charge in [0.1, 0.15) is 0 Å². The predicted octanol–water partition coefficient (Wildman–Crippen LogP) is 2.12. The van der Waals surface area contributed by atoms with Crippen molar-refractivity contribution in [2.24, 2.45) is 0 Å². The number of imide groups is 1. The molecule has 1 fully saturated rings. The lowest BCUT2D eigenvalue weighted by molar-refractivity contribution is -0.115. The standard InChI is InChI=1S/C15H9N5O2S/c21-13-12(23-15(22)19-13)4-9-5-17-14-18-7-11(20(14)8-9)10-2-1-3-16-6-10/h1-8H,(H,19,21,22)/b12-4-. The van der Waals surface area contributed by atoms with Crippen molar-refractivity contribution in [3.8, 4) is 11.3 Å². The van der Waals surface area contributed by atoms with E-state index in [1.165, 1.54) is 0 Å². The first kappa shape index (κ1) is 13.6. The molecule has 0 aliphatic carbocycles. The van der Waals surface area contributed by atoms with Gasteiger partial charge < -0.3 is 0 Å². The molecule has 112 valence electrons. The molecule has 2 amide bonds. The number of carbonyl (C=O) groups excluding carboxylic acids is 2. The minimum Gasteiger partial charge on any atom is -0.283 e. The van der Waals surface area contributed by atoms with Crippen LogP contribution in [-0.4, -0.2) is 30.5 Å². The Morgan fingerprint density at radius 1 is 1.17 bits per heavy atom. The molecular weight excluding hydrogens is 314 g/mol. The number of rotatable bonds is 2. The number of thioether (sulfide) groups is 1. The van der Waals surface area contributed by atoms with Crippen molar-refractivity contribution in [3.63, 3.8) is 0 Å². The summed E-state index contributed by atoms with van der Waals surface area (Å²) in [7, 11) is 0. The zero-order valence-electron chi connectivity index (χ0n) is 11.6. The van der Waals surface area contributed by atoms with Gasteiger partial charge in [-0.15, -0.1) is 0 Å². The SMILES string of the molecule is O=C1NC(=O)/C(=C/c2cnc3ncc(-c4cccnc4)n3c2)S1. The Balaban J connectivity index is 1.80. The van der Waals surface area contributed by atoms with Crippen molar-refractivity contribution in [1.29, 1.82) is 0 Å². The van der Waals surface area contributed by atoms with Crippen molar-refractivity contribution in [2.75, 3.05) is 0 Å². The number of nitrogens with one attached hydrogen (secondary N) is 1. The molecule has 0 radical (unpaired) electrons. The number of hydrogen-bond donors (Lipinski definition) is 1. The van der Waals surface area contributed by atoms with Gasteiger partial charge in [0.05, 0.1) is 16.8 Å². The normalized spacial score (nSPS) is 16.3. The summed E-state index contributed by atoms with van der Waals surface area (Å²) in [5, 5.41) is 1.86. The van der Waals surface area contributed by atoms with Crippen molar-refractivity contribution in [1.82, 2.24) is 24.7 Å². The molecule has 0 bridgehead atoms. The van der Waals surface area contributed by atoms with Crippen LogP contribution in [0.2, 0.25) is 0 Å². The van der Waals surface area contributed by atoms with Gasteiger partial charge in [0.15, 0.2) is 0 Å². The molecule has 1 saturated heterocycles. The number of imidazole rings is 1. The molecule has 4 heterocycles. The Labute approximate surface area is 134 Å². The number of aromatic nitrogens is 4. The molecule has 1 aliphatic rings. The van der Waals surface area contributed by atoms with Crippen LogP contribution in [0.3, 0.4) is 0 Å². The minimum atomic E-state index is -0.391. The molecule has 7 nitrogen and oxygen atoms in total. The summed E-state index contributed by atoms with van der Waals surface area (Å²) in [5.74, 6) is 0.156. The van der Waals surface area contributed by atoms with E-state index in [-0.39, 0.29) is 5.24 Å². The summed E-state index contributed by atoms with van der Waals surface area (Å²) >= 11 is 0.875. The molecule has 0 aromatic carbocycles. The van der Waals surface area contributed by atoms with E-state index in [9.17, 15) is 9.59 Å². The van der Waals surface area contributed by atoms with Crippen LogP contribution in [0.5, 0.6) is 0 Å². The first-order valence-electron chi connectivity index (χ1n) is 6.69. The van der Waals surface area contributed by atoms with E-state index in [1.807, 2.05) is 22.7 Å². The average Bonchev–Trinajstić information content (AvgIpc) is 3.11. The molecular formula is C15H9N5O2S. The van der Waals surface area contributed by atoms with Crippen molar-refractivity contribution in [3.05, 3.63) is 53.6 Å². The second-order valence-corrected chi connectivity index (χ2v) is 5.81. The second-order valence-electron chi connectivity index (χ2n) is 4.79. The van der Waals surface area contributed by atoms with E-state index >= 15 is 0 Å². The molecule has 0 spiro atoms. The molecule has 0 unspecified atom stereocenters. The van der Waals surface area contributed by atoms with Gasteiger partial charge in [0, 0.05) is 35.9 Å². The lowest BCUT2D eigenvalue weighted by atomic mass is 10.2. The van der Waals surface area contributed by atoms with Crippen LogP contribution in [0.4, 0.5) is 4.79 Å². The number of amides is 2. The van der Waals surface area contributed by atoms with E-state index in [0.29, 0.717) is 16.2 Å². The molecule has 23 heavy (non-hydrogen) atoms. The van der Waals surface area contributed by atoms with E-state index < -0.39 is 5.91 Å². The number of pyridine rings is 1. The summed E-state index contributed by atoms with van der Waals surface area (Å²) in [6.45, 7) is 0. The Kier molecular flexibility index (Phi) is 3.16. The molecule has 0 atom stereocenters. The van der Waals surface area contributed by atoms with Crippen LogP contribution >= 0.6 is 11.8 Å². The van der Waals surface area contributed by atoms with Crippen molar-refractivity contribution >= 4 is 34.8 Å². The fraction of sp³-hybridized carbons (Fsp3) is 0. The highest BCUT2D eigenvalue weighted by molar-refractivity contribution is 8.18. The highest BCUT2D eigenvalue weighted by atomic mass is 32.2. The third kappa shape index (κ3) is 2.49. The molecule has 1 aliphatic heterocycles. The van der Waals surface area contributed by atoms with E-state index in [1.54, 1.807) is 30.9 Å². The van der Waals surface area contributed by atoms with Crippen LogP contribution in [0.25, 0.3) is 23.1 Å². The molecule has 0 saturated carbocycles. The van der Waals surface area contributed by atoms with Crippen molar-refractivity contribution in [2.45, 2.75) is 0 Å². The van der Waals surface area contributed by atoms with Gasteiger partial charge in [-0.3, -0.25) is 24.3 Å². The van der Waals surface area contributed by atoms with Crippen LogP contribution in [0.15, 0.2) is 48.0 Å². The smallest absolute Gasteiger partial charge is 0.283 e. The first-order valence-corrected chi connectivity index (χ1v) is 7.51. The quantitative estimate of drug-likeness (QED) is 0.727. The maximum Gasteiger partial charge on any atom is 0.290 e. The molecule has 3 aromatic heterocycles. The van der Waals surface area contributed by atoms with Gasteiger partial charge in [0.25, 0.3) is 11.1 Å². The lowest BCUT2D eigenvalue weighted by Crippen LogP contribution is -2.17. The average molecular weight is 323 g/mol. The third-order valence-corrected chi connectivity index (χ3v) is 4.09. The second kappa shape index (κ2) is 5.33. The summed E-state index contributed by atoms with van der Waals surface area (Å²) < 4.78 is 1.82. The van der Waals surface area contributed by atoms with Gasteiger partial charge in [0.2, 0.25) is 5.78 Å². The maximum atomic E-state index is 11.6. The van der Waals surface area contributed by atoms with Crippen LogP contribution in [-0.2, 0) is 4.79 Å². The number of fused-ring (bicyclic) bond motifs is 1. The summed E-state index contributed by atoms with van der Waals surface area (Å²) in [5.41, 5.74) is 2.46. The van der Waals surface area contributed by atoms with Gasteiger partial charge >= 0.3 is 0 Å². The Morgan fingerprint density at radius 3 is 2.78 bits per heavy atom. The zero-order valence-corrected chi connectivity index (χ0v) is 12.4. The van der Waals surface area contributed by atoms with Crippen LogP contribution in [0, 0.1) is 0 Å². The third-order valence-electron chi connectivity index (χ3n) is 3.28. The fourth-order valence-electron chi connectivity index (χ4n) is 2.26. The van der Waals surface area contributed by atoms with Crippen LogP contribution < -0.4 is 5.32 Å². The Morgan fingerprint density at radius 2 is 2.04 bits per heavy atom. The number of carbonyl (C=O) groups is 2. The van der Waals surface area contributed by atoms with E-state index in [4.69, 9.17) is 0 Å². The van der Waals surface area contributed by atoms with E-state index in [0.717, 1.165) is 23.0 Å². The van der Waals surface area contributed by atoms with Gasteiger partial charge in [-0.2, -0.15) is 0 Å². The van der Waals surface area contributed by atoms with Crippen molar-refractivity contribution < 1.29 is 9.59 Å². The largest absolute Gasteiger partial charge is 0.290 e. The minimum absolute atomic E-state index is 0.346. The fourth-order valence-corrected chi connectivity index (χ4v) is 2.95. The summed E-state index contributed by atoms with van der Waals surface area (Å²) in [6.07, 6.45) is 10.2. The monoisotopic (exact) mass is 323 g/mol. The summed E-state index contributed by atoms with van der Waals surface area (Å²) in [6, 6.07) is 3.78. The van der Waals surface area contributed by atoms with Crippen LogP contribution in [0.1, 0.15) is 5.56 Å². The molecule has 4 rings (SSSR count). The van der Waals surface area contributed by atoms with Gasteiger partial charge in [-0.1, -0.05) is 0 Å². The van der Waals surface area contributed by atoms with E-state index in [2.05, 4.69) is 20.3 Å². The zero-order chi connectivity index (χ0) is 15.8. The highest BCUT2D eigenvalue weighted by Gasteiger charge is 2.25. The molecule has 1 N–H and O–H groups in total. The topological polar surface area (TPSA) is 89.2 Å². The summed E-state index contributed by atoms with van der Waals surface area (Å²) in [4.78, 5) is 35.8.